The number of hydrogen-bond acceptors (Lipinski definition) is 4. The molecule has 0 aliphatic carbocycles. The molecule has 3 aromatic rings. The number of amides is 1. The van der Waals surface area contributed by atoms with E-state index in [9.17, 15) is 14.7 Å². The molecule has 3 aromatic carbocycles. The van der Waals surface area contributed by atoms with E-state index in [0.717, 1.165) is 47.8 Å². The quantitative estimate of drug-likeness (QED) is 0.351. The Bertz CT molecular complexity index is 1160. The van der Waals surface area contributed by atoms with Crippen LogP contribution in [0.4, 0.5) is 0 Å². The maximum Gasteiger partial charge on any atom is 0.223 e. The summed E-state index contributed by atoms with van der Waals surface area (Å²) >= 11 is 5.99. The number of benzene rings is 3. The molecule has 0 spiro atoms. The Kier molecular flexibility index (Phi) is 9.51. The predicted octanol–water partition coefficient (Wildman–Crippen LogP) is 4.72. The number of aliphatic hydroxyl groups is 1. The van der Waals surface area contributed by atoms with Crippen LogP contribution in [0.5, 0.6) is 0 Å². The van der Waals surface area contributed by atoms with Crippen molar-refractivity contribution in [3.63, 3.8) is 0 Å². The van der Waals surface area contributed by atoms with Crippen molar-refractivity contribution in [3.8, 4) is 0 Å². The van der Waals surface area contributed by atoms with E-state index in [4.69, 9.17) is 11.6 Å². The van der Waals surface area contributed by atoms with Crippen LogP contribution in [-0.4, -0.2) is 42.5 Å². The molecule has 0 bridgehead atoms. The smallest absolute Gasteiger partial charge is 0.223 e. The molecule has 3 N–H and O–H groups in total. The first kappa shape index (κ1) is 26.3. The zero-order chi connectivity index (χ0) is 25.3. The lowest BCUT2D eigenvalue weighted by Gasteiger charge is -2.24. The third-order valence-electron chi connectivity index (χ3n) is 7.16. The van der Waals surface area contributed by atoms with Gasteiger partial charge in [-0.05, 0) is 79.2 Å². The van der Waals surface area contributed by atoms with Crippen molar-refractivity contribution in [2.24, 2.45) is 11.8 Å². The van der Waals surface area contributed by atoms with E-state index in [2.05, 4.69) is 41.0 Å². The van der Waals surface area contributed by atoms with Gasteiger partial charge in [-0.3, -0.25) is 9.59 Å². The number of halogens is 1. The van der Waals surface area contributed by atoms with Crippen molar-refractivity contribution in [2.75, 3.05) is 19.7 Å². The van der Waals surface area contributed by atoms with Gasteiger partial charge in [-0.15, -0.1) is 0 Å². The Morgan fingerprint density at radius 2 is 1.64 bits per heavy atom. The minimum absolute atomic E-state index is 0.0886. The number of piperidine rings is 1. The largest absolute Gasteiger partial charge is 0.394 e. The first-order valence-electron chi connectivity index (χ1n) is 12.9. The number of rotatable bonds is 11. The van der Waals surface area contributed by atoms with Gasteiger partial charge in [0.2, 0.25) is 5.91 Å². The van der Waals surface area contributed by atoms with Gasteiger partial charge in [0.1, 0.15) is 5.78 Å². The molecule has 5 nitrogen and oxygen atoms in total. The monoisotopic (exact) mass is 506 g/mol. The fraction of sp³-hybridized carbons (Fsp3) is 0.400. The normalized spacial score (nSPS) is 15.9. The molecular formula is C30H35ClN2O3. The van der Waals surface area contributed by atoms with Gasteiger partial charge in [-0.1, -0.05) is 66.2 Å². The highest BCUT2D eigenvalue weighted by molar-refractivity contribution is 6.30. The minimum Gasteiger partial charge on any atom is -0.394 e. The maximum atomic E-state index is 13.4. The molecule has 1 fully saturated rings. The Labute approximate surface area is 218 Å². The molecule has 0 radical (unpaired) electrons. The summed E-state index contributed by atoms with van der Waals surface area (Å²) in [7, 11) is 0. The molecule has 4 rings (SSSR count). The van der Waals surface area contributed by atoms with Crippen LogP contribution in [0.25, 0.3) is 10.8 Å². The zero-order valence-electron chi connectivity index (χ0n) is 20.6. The van der Waals surface area contributed by atoms with Gasteiger partial charge in [0.15, 0.2) is 0 Å². The number of carbonyl (C=O) groups is 2. The van der Waals surface area contributed by atoms with Gasteiger partial charge in [0.25, 0.3) is 0 Å². The minimum atomic E-state index is -0.405. The molecule has 190 valence electrons. The highest BCUT2D eigenvalue weighted by Crippen LogP contribution is 2.23. The summed E-state index contributed by atoms with van der Waals surface area (Å²) in [5.74, 6) is -0.121. The standard InChI is InChI=1S/C30H35ClN2O3/c31-27-10-6-21(7-11-27)19-28(20-34)33-30(36)26(9-12-29(35)24-13-15-32-16-14-24)18-22-5-8-23-3-1-2-4-25(23)17-22/h1-8,10-11,17,24,26,28,32,34H,9,12-16,18-20H2,(H,33,36)/t26-,28?/m1/s1. The number of fused-ring (bicyclic) bond motifs is 1. The van der Waals surface area contributed by atoms with Gasteiger partial charge in [-0.2, -0.15) is 0 Å². The van der Waals surface area contributed by atoms with Gasteiger partial charge in [-0.25, -0.2) is 0 Å². The van der Waals surface area contributed by atoms with Crippen LogP contribution in [0.1, 0.15) is 36.8 Å². The molecular weight excluding hydrogens is 472 g/mol. The summed E-state index contributed by atoms with van der Waals surface area (Å²) in [5.41, 5.74) is 2.06. The molecule has 1 amide bonds. The second kappa shape index (κ2) is 13.0. The first-order chi connectivity index (χ1) is 17.5. The molecule has 36 heavy (non-hydrogen) atoms. The topological polar surface area (TPSA) is 78.4 Å². The van der Waals surface area contributed by atoms with Crippen LogP contribution in [0.15, 0.2) is 66.7 Å². The fourth-order valence-electron chi connectivity index (χ4n) is 5.03. The number of carbonyl (C=O) groups excluding carboxylic acids is 2. The molecule has 1 aliphatic heterocycles. The van der Waals surface area contributed by atoms with Crippen LogP contribution >= 0.6 is 11.6 Å². The summed E-state index contributed by atoms with van der Waals surface area (Å²) in [4.78, 5) is 26.3. The third-order valence-corrected chi connectivity index (χ3v) is 7.41. The van der Waals surface area contributed by atoms with Crippen molar-refractivity contribution in [1.29, 1.82) is 0 Å². The van der Waals surface area contributed by atoms with E-state index in [1.807, 2.05) is 36.4 Å². The summed E-state index contributed by atoms with van der Waals surface area (Å²) < 4.78 is 0. The van der Waals surface area contributed by atoms with E-state index in [1.165, 1.54) is 0 Å². The van der Waals surface area contributed by atoms with E-state index >= 15 is 0 Å². The molecule has 1 aliphatic rings. The van der Waals surface area contributed by atoms with Gasteiger partial charge in [0.05, 0.1) is 12.6 Å². The molecule has 0 aromatic heterocycles. The van der Waals surface area contributed by atoms with Crippen LogP contribution in [0.3, 0.4) is 0 Å². The second-order valence-corrected chi connectivity index (χ2v) is 10.3. The highest BCUT2D eigenvalue weighted by atomic mass is 35.5. The summed E-state index contributed by atoms with van der Waals surface area (Å²) in [5, 5.41) is 19.3. The van der Waals surface area contributed by atoms with Crippen LogP contribution in [0, 0.1) is 11.8 Å². The van der Waals surface area contributed by atoms with Crippen LogP contribution in [-0.2, 0) is 22.4 Å². The SMILES string of the molecule is O=C(CC[C@H](Cc1ccc2ccccc2c1)C(=O)NC(CO)Cc1ccc(Cl)cc1)C1CCNCC1. The summed E-state index contributed by atoms with van der Waals surface area (Å²) in [6.45, 7) is 1.59. The molecule has 1 heterocycles. The van der Waals surface area contributed by atoms with E-state index in [0.29, 0.717) is 30.7 Å². The molecule has 1 unspecified atom stereocenters. The second-order valence-electron chi connectivity index (χ2n) is 9.83. The van der Waals surface area contributed by atoms with Crippen molar-refractivity contribution >= 4 is 34.1 Å². The lowest BCUT2D eigenvalue weighted by atomic mass is 9.86. The van der Waals surface area contributed by atoms with Crippen molar-refractivity contribution in [2.45, 2.75) is 44.6 Å². The fourth-order valence-corrected chi connectivity index (χ4v) is 5.15. The van der Waals surface area contributed by atoms with Crippen molar-refractivity contribution < 1.29 is 14.7 Å². The van der Waals surface area contributed by atoms with Crippen molar-refractivity contribution in [1.82, 2.24) is 10.6 Å². The highest BCUT2D eigenvalue weighted by Gasteiger charge is 2.26. The Balaban J connectivity index is 1.46. The number of aliphatic hydroxyl groups excluding tert-OH is 1. The lowest BCUT2D eigenvalue weighted by molar-refractivity contribution is -0.127. The van der Waals surface area contributed by atoms with E-state index in [1.54, 1.807) is 0 Å². The number of hydrogen-bond donors (Lipinski definition) is 3. The average Bonchev–Trinajstić information content (AvgIpc) is 2.92. The molecule has 2 atom stereocenters. The third kappa shape index (κ3) is 7.39. The lowest BCUT2D eigenvalue weighted by Crippen LogP contribution is -2.43. The average molecular weight is 507 g/mol. The molecule has 6 heteroatoms. The number of Topliss-reactive ketones (excluding diaryl/α,β-unsaturated/α-hetero) is 1. The number of ketones is 1. The molecule has 1 saturated heterocycles. The van der Waals surface area contributed by atoms with Gasteiger partial charge < -0.3 is 15.7 Å². The first-order valence-corrected chi connectivity index (χ1v) is 13.3. The zero-order valence-corrected chi connectivity index (χ0v) is 21.3. The Morgan fingerprint density at radius 1 is 0.944 bits per heavy atom. The van der Waals surface area contributed by atoms with Gasteiger partial charge >= 0.3 is 0 Å². The maximum absolute atomic E-state index is 13.4. The Morgan fingerprint density at radius 3 is 2.36 bits per heavy atom. The van der Waals surface area contributed by atoms with E-state index in [-0.39, 0.29) is 30.1 Å². The van der Waals surface area contributed by atoms with Crippen LogP contribution < -0.4 is 10.6 Å². The Hall–Kier alpha value is -2.73. The van der Waals surface area contributed by atoms with E-state index < -0.39 is 6.04 Å². The predicted molar refractivity (Wildman–Crippen MR) is 145 cm³/mol. The summed E-state index contributed by atoms with van der Waals surface area (Å²) in [6, 6.07) is 21.5. The van der Waals surface area contributed by atoms with Crippen molar-refractivity contribution in [3.05, 3.63) is 82.9 Å². The molecule has 0 saturated carbocycles. The van der Waals surface area contributed by atoms with Crippen LogP contribution in [0.2, 0.25) is 5.02 Å². The summed E-state index contributed by atoms with van der Waals surface area (Å²) in [6.07, 6.45) is 3.70. The number of nitrogens with one attached hydrogen (secondary N) is 2. The van der Waals surface area contributed by atoms with Gasteiger partial charge in [0, 0.05) is 23.3 Å².